The van der Waals surface area contributed by atoms with Crippen LogP contribution in [0.2, 0.25) is 0 Å². The van der Waals surface area contributed by atoms with Gasteiger partial charge in [-0.3, -0.25) is 0 Å². The standard InChI is InChI=1S/C11H20F3NO/c12-11(13,14)8-16-6-2-4-9-3-1-5-10(15)7-9/h9-10H,1-8,15H2. The third kappa shape index (κ3) is 6.33. The predicted octanol–water partition coefficient (Wildman–Crippen LogP) is 2.86. The van der Waals surface area contributed by atoms with Crippen LogP contribution >= 0.6 is 0 Å². The highest BCUT2D eigenvalue weighted by molar-refractivity contribution is 4.74. The van der Waals surface area contributed by atoms with Crippen LogP contribution in [0, 0.1) is 5.92 Å². The van der Waals surface area contributed by atoms with E-state index in [2.05, 4.69) is 4.74 Å². The zero-order valence-electron chi connectivity index (χ0n) is 9.43. The number of rotatable bonds is 5. The quantitative estimate of drug-likeness (QED) is 0.749. The Labute approximate surface area is 94.3 Å². The molecule has 1 rings (SSSR count). The molecule has 0 amide bonds. The number of ether oxygens (including phenoxy) is 1. The monoisotopic (exact) mass is 239 g/mol. The van der Waals surface area contributed by atoms with Gasteiger partial charge in [-0.05, 0) is 31.6 Å². The van der Waals surface area contributed by atoms with Gasteiger partial charge >= 0.3 is 6.18 Å². The van der Waals surface area contributed by atoms with Gasteiger partial charge in [-0.15, -0.1) is 0 Å². The number of hydrogen-bond acceptors (Lipinski definition) is 2. The second kappa shape index (κ2) is 6.45. The lowest BCUT2D eigenvalue weighted by Gasteiger charge is -2.26. The molecule has 0 spiro atoms. The molecule has 2 nitrogen and oxygen atoms in total. The summed E-state index contributed by atoms with van der Waals surface area (Å²) in [6.07, 6.45) is 1.84. The SMILES string of the molecule is NC1CCCC(CCCOCC(F)(F)F)C1. The van der Waals surface area contributed by atoms with E-state index in [-0.39, 0.29) is 12.6 Å². The lowest BCUT2D eigenvalue weighted by atomic mass is 9.83. The van der Waals surface area contributed by atoms with E-state index in [0.29, 0.717) is 12.3 Å². The van der Waals surface area contributed by atoms with Gasteiger partial charge < -0.3 is 10.5 Å². The first-order valence-electron chi connectivity index (χ1n) is 5.87. The molecule has 96 valence electrons. The molecule has 0 aromatic carbocycles. The summed E-state index contributed by atoms with van der Waals surface area (Å²) >= 11 is 0. The molecule has 2 N–H and O–H groups in total. The molecule has 2 unspecified atom stereocenters. The van der Waals surface area contributed by atoms with Gasteiger partial charge in [-0.1, -0.05) is 12.8 Å². The third-order valence-electron chi connectivity index (χ3n) is 2.99. The lowest BCUT2D eigenvalue weighted by molar-refractivity contribution is -0.174. The van der Waals surface area contributed by atoms with Crippen molar-refractivity contribution >= 4 is 0 Å². The van der Waals surface area contributed by atoms with E-state index in [0.717, 1.165) is 32.1 Å². The molecule has 0 aliphatic heterocycles. The van der Waals surface area contributed by atoms with Crippen LogP contribution < -0.4 is 5.73 Å². The topological polar surface area (TPSA) is 35.2 Å². The van der Waals surface area contributed by atoms with Crippen LogP contribution in [0.25, 0.3) is 0 Å². The molecular weight excluding hydrogens is 219 g/mol. The van der Waals surface area contributed by atoms with Gasteiger partial charge in [0.15, 0.2) is 0 Å². The summed E-state index contributed by atoms with van der Waals surface area (Å²) in [4.78, 5) is 0. The van der Waals surface area contributed by atoms with Gasteiger partial charge in [0.1, 0.15) is 6.61 Å². The van der Waals surface area contributed by atoms with Crippen LogP contribution in [-0.4, -0.2) is 25.4 Å². The van der Waals surface area contributed by atoms with Crippen molar-refractivity contribution in [2.24, 2.45) is 11.7 Å². The van der Waals surface area contributed by atoms with Crippen LogP contribution in [0.3, 0.4) is 0 Å². The summed E-state index contributed by atoms with van der Waals surface area (Å²) in [5.74, 6) is 0.582. The number of nitrogens with two attached hydrogens (primary N) is 1. The van der Waals surface area contributed by atoms with Crippen molar-refractivity contribution in [3.05, 3.63) is 0 Å². The Hall–Kier alpha value is -0.290. The second-order valence-corrected chi connectivity index (χ2v) is 4.60. The molecule has 0 radical (unpaired) electrons. The van der Waals surface area contributed by atoms with Gasteiger partial charge in [0, 0.05) is 12.6 Å². The highest BCUT2D eigenvalue weighted by Crippen LogP contribution is 2.26. The summed E-state index contributed by atoms with van der Waals surface area (Å²) in [6.45, 7) is -0.928. The molecule has 0 aromatic heterocycles. The van der Waals surface area contributed by atoms with Gasteiger partial charge in [0.25, 0.3) is 0 Å². The van der Waals surface area contributed by atoms with Crippen LogP contribution in [0.1, 0.15) is 38.5 Å². The van der Waals surface area contributed by atoms with E-state index < -0.39 is 12.8 Å². The van der Waals surface area contributed by atoms with E-state index in [4.69, 9.17) is 5.73 Å². The first-order valence-corrected chi connectivity index (χ1v) is 5.87. The van der Waals surface area contributed by atoms with E-state index in [1.807, 2.05) is 0 Å². The molecule has 0 bridgehead atoms. The van der Waals surface area contributed by atoms with Crippen molar-refractivity contribution in [3.8, 4) is 0 Å². The molecule has 1 aliphatic rings. The Bertz CT molecular complexity index is 196. The Balaban J connectivity index is 1.98. The van der Waals surface area contributed by atoms with Crippen LogP contribution in [0.4, 0.5) is 13.2 Å². The van der Waals surface area contributed by atoms with E-state index in [1.165, 1.54) is 0 Å². The van der Waals surface area contributed by atoms with Crippen LogP contribution in [0.5, 0.6) is 0 Å². The predicted molar refractivity (Wildman–Crippen MR) is 56.0 cm³/mol. The van der Waals surface area contributed by atoms with Gasteiger partial charge in [0.05, 0.1) is 0 Å². The Morgan fingerprint density at radius 1 is 1.25 bits per heavy atom. The molecule has 5 heteroatoms. The molecule has 0 heterocycles. The summed E-state index contributed by atoms with van der Waals surface area (Å²) in [5, 5.41) is 0. The third-order valence-corrected chi connectivity index (χ3v) is 2.99. The zero-order valence-corrected chi connectivity index (χ0v) is 9.43. The molecule has 0 saturated heterocycles. The van der Waals surface area contributed by atoms with Crippen LogP contribution in [0.15, 0.2) is 0 Å². The maximum atomic E-state index is 11.7. The highest BCUT2D eigenvalue weighted by atomic mass is 19.4. The van der Waals surface area contributed by atoms with Gasteiger partial charge in [0.2, 0.25) is 0 Å². The van der Waals surface area contributed by atoms with Gasteiger partial charge in [-0.2, -0.15) is 13.2 Å². The summed E-state index contributed by atoms with van der Waals surface area (Å²) < 4.78 is 39.8. The minimum absolute atomic E-state index is 0.200. The fraction of sp³-hybridized carbons (Fsp3) is 1.00. The van der Waals surface area contributed by atoms with Gasteiger partial charge in [-0.25, -0.2) is 0 Å². The minimum atomic E-state index is -4.20. The number of halogens is 3. The molecule has 1 fully saturated rings. The molecule has 16 heavy (non-hydrogen) atoms. The average molecular weight is 239 g/mol. The largest absolute Gasteiger partial charge is 0.411 e. The molecule has 2 atom stereocenters. The van der Waals surface area contributed by atoms with Crippen molar-refractivity contribution in [2.75, 3.05) is 13.2 Å². The molecule has 1 aliphatic carbocycles. The van der Waals surface area contributed by atoms with Crippen molar-refractivity contribution in [3.63, 3.8) is 0 Å². The summed E-state index contributed by atoms with van der Waals surface area (Å²) in [6, 6.07) is 0.287. The highest BCUT2D eigenvalue weighted by Gasteiger charge is 2.27. The Morgan fingerprint density at radius 3 is 2.62 bits per heavy atom. The smallest absolute Gasteiger partial charge is 0.372 e. The fourth-order valence-electron chi connectivity index (χ4n) is 2.26. The Kier molecular flexibility index (Phi) is 5.55. The van der Waals surface area contributed by atoms with E-state index in [9.17, 15) is 13.2 Å². The number of alkyl halides is 3. The number of hydrogen-bond donors (Lipinski definition) is 1. The average Bonchev–Trinajstić information content (AvgIpc) is 2.15. The summed E-state index contributed by atoms with van der Waals surface area (Å²) in [5.41, 5.74) is 5.83. The van der Waals surface area contributed by atoms with Crippen molar-refractivity contribution in [1.29, 1.82) is 0 Å². The van der Waals surface area contributed by atoms with E-state index >= 15 is 0 Å². The first-order chi connectivity index (χ1) is 7.47. The van der Waals surface area contributed by atoms with Crippen molar-refractivity contribution in [1.82, 2.24) is 0 Å². The molecule has 1 saturated carbocycles. The van der Waals surface area contributed by atoms with E-state index in [1.54, 1.807) is 0 Å². The maximum absolute atomic E-state index is 11.7. The normalized spacial score (nSPS) is 27.0. The van der Waals surface area contributed by atoms with Crippen molar-refractivity contribution in [2.45, 2.75) is 50.7 Å². The fourth-order valence-corrected chi connectivity index (χ4v) is 2.26. The first kappa shape index (κ1) is 13.8. The molecular formula is C11H20F3NO. The molecule has 0 aromatic rings. The van der Waals surface area contributed by atoms with Crippen molar-refractivity contribution < 1.29 is 17.9 Å². The Morgan fingerprint density at radius 2 is 2.00 bits per heavy atom. The maximum Gasteiger partial charge on any atom is 0.411 e. The minimum Gasteiger partial charge on any atom is -0.372 e. The zero-order chi connectivity index (χ0) is 12.0. The lowest BCUT2D eigenvalue weighted by Crippen LogP contribution is -2.28. The second-order valence-electron chi connectivity index (χ2n) is 4.60. The summed E-state index contributed by atoms with van der Waals surface area (Å²) in [7, 11) is 0. The van der Waals surface area contributed by atoms with Crippen LogP contribution in [-0.2, 0) is 4.74 Å².